The van der Waals surface area contributed by atoms with Gasteiger partial charge in [-0.25, -0.2) is 0 Å². The molecule has 5 heteroatoms. The van der Waals surface area contributed by atoms with Crippen LogP contribution in [-0.2, 0) is 4.79 Å². The number of benzene rings is 1. The molecular formula is C24H37N3OS. The molecular weight excluding hydrogens is 378 g/mol. The summed E-state index contributed by atoms with van der Waals surface area (Å²) in [7, 11) is 0. The molecule has 0 aromatic heterocycles. The van der Waals surface area contributed by atoms with Crippen molar-refractivity contribution in [2.24, 2.45) is 16.8 Å². The summed E-state index contributed by atoms with van der Waals surface area (Å²) in [5.41, 5.74) is 9.27. The lowest BCUT2D eigenvalue weighted by Crippen LogP contribution is -2.30. The van der Waals surface area contributed by atoms with Crippen LogP contribution in [0.4, 0.5) is 11.4 Å². The van der Waals surface area contributed by atoms with Gasteiger partial charge in [-0.05, 0) is 43.4 Å². The Morgan fingerprint density at radius 1 is 1.24 bits per heavy atom. The van der Waals surface area contributed by atoms with Gasteiger partial charge in [0.25, 0.3) is 0 Å². The van der Waals surface area contributed by atoms with Crippen molar-refractivity contribution in [1.29, 1.82) is 0 Å². The molecule has 0 radical (unpaired) electrons. The minimum absolute atomic E-state index is 0. The molecule has 4 nitrogen and oxygen atoms in total. The number of allylic oxidation sites excluding steroid dienone is 3. The molecule has 0 saturated heterocycles. The van der Waals surface area contributed by atoms with Gasteiger partial charge in [0.1, 0.15) is 0 Å². The summed E-state index contributed by atoms with van der Waals surface area (Å²) in [4.78, 5) is 16.5. The van der Waals surface area contributed by atoms with Crippen molar-refractivity contribution in [3.05, 3.63) is 42.5 Å². The summed E-state index contributed by atoms with van der Waals surface area (Å²) < 4.78 is 0. The number of nitrogens with zero attached hydrogens (tertiary/aromatic N) is 1. The van der Waals surface area contributed by atoms with Crippen LogP contribution < -0.4 is 11.1 Å². The van der Waals surface area contributed by atoms with E-state index in [4.69, 9.17) is 10.7 Å². The molecule has 2 atom stereocenters. The average molecular weight is 416 g/mol. The lowest BCUT2D eigenvalue weighted by molar-refractivity contribution is -0.118. The number of rotatable bonds is 3. The van der Waals surface area contributed by atoms with Gasteiger partial charge < -0.3 is 11.1 Å². The molecule has 160 valence electrons. The molecule has 3 aliphatic rings. The van der Waals surface area contributed by atoms with Crippen molar-refractivity contribution < 1.29 is 7.65 Å². The maximum absolute atomic E-state index is 10.1. The lowest BCUT2D eigenvalue weighted by Gasteiger charge is -2.30. The highest BCUT2D eigenvalue weighted by molar-refractivity contribution is 8.00. The first kappa shape index (κ1) is 21.7. The van der Waals surface area contributed by atoms with Gasteiger partial charge in [0.15, 0.2) is 0 Å². The maximum Gasteiger partial charge on any atom is 0.216 e. The molecule has 29 heavy (non-hydrogen) atoms. The van der Waals surface area contributed by atoms with Gasteiger partial charge in [-0.2, -0.15) is 0 Å². The van der Waals surface area contributed by atoms with Crippen LogP contribution in [0.3, 0.4) is 0 Å². The fourth-order valence-corrected chi connectivity index (χ4v) is 5.32. The molecule has 1 amide bonds. The predicted octanol–water partition coefficient (Wildman–Crippen LogP) is 6.16. The predicted molar refractivity (Wildman–Crippen MR) is 129 cm³/mol. The quantitative estimate of drug-likeness (QED) is 0.581. The van der Waals surface area contributed by atoms with E-state index in [0.29, 0.717) is 17.1 Å². The second kappa shape index (κ2) is 10.7. The Morgan fingerprint density at radius 2 is 2.00 bits per heavy atom. The number of amides is 1. The zero-order chi connectivity index (χ0) is 20.6. The third-order valence-corrected chi connectivity index (χ3v) is 6.89. The van der Waals surface area contributed by atoms with E-state index in [0.717, 1.165) is 24.3 Å². The van der Waals surface area contributed by atoms with Crippen LogP contribution in [0.25, 0.3) is 0 Å². The number of nitrogens with two attached hydrogens (primary N) is 1. The lowest BCUT2D eigenvalue weighted by atomic mass is 9.79. The van der Waals surface area contributed by atoms with Gasteiger partial charge in [0.05, 0.1) is 5.69 Å². The van der Waals surface area contributed by atoms with Gasteiger partial charge in [-0.3, -0.25) is 9.79 Å². The van der Waals surface area contributed by atoms with Gasteiger partial charge in [0.2, 0.25) is 5.91 Å². The molecule has 1 aromatic rings. The summed E-state index contributed by atoms with van der Waals surface area (Å²) >= 11 is 1.93. The minimum atomic E-state index is 0. The third kappa shape index (κ3) is 5.99. The first-order valence-corrected chi connectivity index (χ1v) is 11.7. The summed E-state index contributed by atoms with van der Waals surface area (Å²) in [5.74, 6) is 1.14. The van der Waals surface area contributed by atoms with E-state index in [2.05, 4.69) is 35.7 Å². The van der Waals surface area contributed by atoms with E-state index in [1.54, 1.807) is 0 Å². The van der Waals surface area contributed by atoms with Crippen molar-refractivity contribution >= 4 is 34.8 Å². The Morgan fingerprint density at radius 3 is 2.69 bits per heavy atom. The van der Waals surface area contributed by atoms with Crippen LogP contribution in [0, 0.1) is 11.8 Å². The Bertz CT molecular complexity index is 804. The molecule has 2 aliphatic carbocycles. The van der Waals surface area contributed by atoms with Gasteiger partial charge in [-0.1, -0.05) is 50.5 Å². The summed E-state index contributed by atoms with van der Waals surface area (Å²) in [6.45, 7) is 4.35. The maximum atomic E-state index is 10.1. The van der Waals surface area contributed by atoms with E-state index in [-0.39, 0.29) is 8.76 Å². The number of nitrogens with one attached hydrogen (secondary N) is 1. The number of carbonyl (C=O) groups is 1. The highest BCUT2D eigenvalue weighted by atomic mass is 32.2. The number of nitrogen functional groups attached to an aromatic ring is 1. The molecule has 1 saturated carbocycles. The molecule has 4 rings (SSSR count). The minimum Gasteiger partial charge on any atom is -0.399 e. The molecule has 0 bridgehead atoms. The van der Waals surface area contributed by atoms with Crippen molar-refractivity contribution in [2.45, 2.75) is 62.5 Å². The Kier molecular flexibility index (Phi) is 7.99. The topological polar surface area (TPSA) is 67.5 Å². The van der Waals surface area contributed by atoms with Crippen molar-refractivity contribution in [3.63, 3.8) is 0 Å². The zero-order valence-electron chi connectivity index (χ0n) is 17.6. The highest BCUT2D eigenvalue weighted by Gasteiger charge is 2.33. The number of thioether (sulfide) groups is 1. The van der Waals surface area contributed by atoms with Crippen molar-refractivity contribution in [1.82, 2.24) is 5.32 Å². The Labute approximate surface area is 182 Å². The van der Waals surface area contributed by atoms with Crippen LogP contribution in [0.2, 0.25) is 0 Å². The standard InChI is InChI=1S/C19H22N2S.C5H11NO.2H2/c20-14-10-11-18-16(12-14)21-19(13-6-2-1-3-7-13)15-8-4-5-9-17(15)22-18;1-3-4-6-5(2)7;;/h4-5,8-13,15,17H,1-3,6-7,20H2;3-4H2,1-2H3,(H,6,7);2*1H. The van der Waals surface area contributed by atoms with E-state index < -0.39 is 0 Å². The van der Waals surface area contributed by atoms with Crippen LogP contribution in [0.5, 0.6) is 0 Å². The van der Waals surface area contributed by atoms with Crippen LogP contribution in [0.1, 0.15) is 55.2 Å². The summed E-state index contributed by atoms with van der Waals surface area (Å²) in [6.07, 6.45) is 16.7. The van der Waals surface area contributed by atoms with E-state index in [9.17, 15) is 4.79 Å². The first-order chi connectivity index (χ1) is 14.1. The second-order valence-corrected chi connectivity index (χ2v) is 9.18. The van der Waals surface area contributed by atoms with Crippen LogP contribution in [0.15, 0.2) is 52.4 Å². The molecule has 0 spiro atoms. The van der Waals surface area contributed by atoms with E-state index in [1.165, 1.54) is 49.6 Å². The molecule has 1 aromatic carbocycles. The molecule has 1 aliphatic heterocycles. The number of aliphatic imine (C=N–C) groups is 1. The van der Waals surface area contributed by atoms with Crippen molar-refractivity contribution in [2.75, 3.05) is 12.3 Å². The Balaban J connectivity index is 0.000000469. The second-order valence-electron chi connectivity index (χ2n) is 7.96. The third-order valence-electron chi connectivity index (χ3n) is 5.57. The SMILES string of the molecule is CCCNC(C)=O.Nc1ccc2c(c1)N=C(C1CCCCC1)C1C=CC=CC1S2.[HH].[HH]. The van der Waals surface area contributed by atoms with Crippen LogP contribution in [-0.4, -0.2) is 23.4 Å². The average Bonchev–Trinajstić information content (AvgIpc) is 2.90. The summed E-state index contributed by atoms with van der Waals surface area (Å²) in [6, 6.07) is 6.16. The summed E-state index contributed by atoms with van der Waals surface area (Å²) in [5, 5.41) is 3.12. The monoisotopic (exact) mass is 415 g/mol. The molecule has 2 unspecified atom stereocenters. The van der Waals surface area contributed by atoms with Gasteiger partial charge >= 0.3 is 0 Å². The molecule has 1 fully saturated rings. The zero-order valence-corrected chi connectivity index (χ0v) is 18.4. The first-order valence-electron chi connectivity index (χ1n) is 10.8. The molecule has 3 N–H and O–H groups in total. The highest BCUT2D eigenvalue weighted by Crippen LogP contribution is 2.44. The largest absolute Gasteiger partial charge is 0.399 e. The number of hydrogen-bond donors (Lipinski definition) is 2. The van der Waals surface area contributed by atoms with E-state index in [1.807, 2.05) is 30.8 Å². The Hall–Kier alpha value is -2.01. The van der Waals surface area contributed by atoms with Gasteiger partial charge in [0, 0.05) is 43.8 Å². The normalized spacial score (nSPS) is 23.0. The van der Waals surface area contributed by atoms with Gasteiger partial charge in [-0.15, -0.1) is 11.8 Å². The number of anilines is 1. The smallest absolute Gasteiger partial charge is 0.216 e. The van der Waals surface area contributed by atoms with Crippen LogP contribution >= 0.6 is 11.8 Å². The fraction of sp³-hybridized carbons (Fsp3) is 0.500. The fourth-order valence-electron chi connectivity index (χ4n) is 4.11. The number of fused-ring (bicyclic) bond motifs is 2. The number of carbonyl (C=O) groups excluding carboxylic acids is 1. The van der Waals surface area contributed by atoms with E-state index >= 15 is 0 Å². The molecule has 1 heterocycles. The van der Waals surface area contributed by atoms with Crippen molar-refractivity contribution in [3.8, 4) is 0 Å². The number of hydrogen-bond acceptors (Lipinski definition) is 4.